The highest BCUT2D eigenvalue weighted by molar-refractivity contribution is 7.15. The third kappa shape index (κ3) is 3.02. The molecule has 3 rings (SSSR count). The Bertz CT molecular complexity index is 683. The van der Waals surface area contributed by atoms with Crippen molar-refractivity contribution < 1.29 is 0 Å². The summed E-state index contributed by atoms with van der Waals surface area (Å²) in [5.41, 5.74) is 7.83. The summed E-state index contributed by atoms with van der Waals surface area (Å²) in [4.78, 5) is 19.9. The number of nitrogens with zero attached hydrogens (tertiary/aromatic N) is 3. The summed E-state index contributed by atoms with van der Waals surface area (Å²) in [5.74, 6) is 0.627. The Balaban J connectivity index is 1.73. The SMILES string of the molecule is Cc1csc2nc(CN3CCC(C(C)N)CC3)cc(=O)n12. The standard InChI is InChI=1S/C15H22N4OS/c1-10-9-21-15-17-13(7-14(20)19(10)15)8-18-5-3-12(4-6-18)11(2)16/h7,9,11-12H,3-6,8,16H2,1-2H3. The molecule has 0 bridgehead atoms. The molecule has 1 atom stereocenters. The first-order valence-corrected chi connectivity index (χ1v) is 8.37. The number of hydrogen-bond acceptors (Lipinski definition) is 5. The summed E-state index contributed by atoms with van der Waals surface area (Å²) in [5, 5.41) is 1.97. The van der Waals surface area contributed by atoms with Gasteiger partial charge in [0, 0.05) is 29.7 Å². The van der Waals surface area contributed by atoms with E-state index in [0.717, 1.165) is 48.8 Å². The summed E-state index contributed by atoms with van der Waals surface area (Å²) in [6.45, 7) is 6.86. The number of rotatable bonds is 3. The average Bonchev–Trinajstić information content (AvgIpc) is 2.81. The van der Waals surface area contributed by atoms with E-state index in [1.54, 1.807) is 10.5 Å². The lowest BCUT2D eigenvalue weighted by atomic mass is 9.91. The molecule has 21 heavy (non-hydrogen) atoms. The number of aryl methyl sites for hydroxylation is 1. The summed E-state index contributed by atoms with van der Waals surface area (Å²) < 4.78 is 1.68. The van der Waals surface area contributed by atoms with Gasteiger partial charge >= 0.3 is 0 Å². The highest BCUT2D eigenvalue weighted by atomic mass is 32.1. The first-order chi connectivity index (χ1) is 10.0. The fraction of sp³-hybridized carbons (Fsp3) is 0.600. The van der Waals surface area contributed by atoms with E-state index in [9.17, 15) is 4.79 Å². The second-order valence-corrected chi connectivity index (χ2v) is 6.89. The van der Waals surface area contributed by atoms with Crippen LogP contribution in [0, 0.1) is 12.8 Å². The van der Waals surface area contributed by atoms with Gasteiger partial charge in [-0.3, -0.25) is 14.1 Å². The predicted octanol–water partition coefficient (Wildman–Crippen LogP) is 1.62. The van der Waals surface area contributed by atoms with Crippen molar-refractivity contribution >= 4 is 16.3 Å². The van der Waals surface area contributed by atoms with Gasteiger partial charge in [0.25, 0.3) is 5.56 Å². The van der Waals surface area contributed by atoms with Gasteiger partial charge < -0.3 is 5.73 Å². The van der Waals surface area contributed by atoms with Crippen LogP contribution < -0.4 is 11.3 Å². The van der Waals surface area contributed by atoms with Crippen LogP contribution in [-0.4, -0.2) is 33.4 Å². The molecule has 2 aromatic rings. The number of fused-ring (bicyclic) bond motifs is 1. The summed E-state index contributed by atoms with van der Waals surface area (Å²) >= 11 is 1.53. The van der Waals surface area contributed by atoms with E-state index in [0.29, 0.717) is 5.92 Å². The van der Waals surface area contributed by atoms with Crippen molar-refractivity contribution in [1.82, 2.24) is 14.3 Å². The normalized spacial score (nSPS) is 19.2. The Labute approximate surface area is 128 Å². The molecule has 1 saturated heterocycles. The minimum atomic E-state index is 0.0271. The minimum absolute atomic E-state index is 0.0271. The molecule has 0 aromatic carbocycles. The van der Waals surface area contributed by atoms with Gasteiger partial charge in [0.2, 0.25) is 0 Å². The first-order valence-electron chi connectivity index (χ1n) is 7.49. The average molecular weight is 306 g/mol. The van der Waals surface area contributed by atoms with Gasteiger partial charge in [-0.25, -0.2) is 4.98 Å². The van der Waals surface area contributed by atoms with Crippen molar-refractivity contribution in [3.63, 3.8) is 0 Å². The number of aromatic nitrogens is 2. The molecule has 0 radical (unpaired) electrons. The molecule has 0 amide bonds. The van der Waals surface area contributed by atoms with E-state index in [-0.39, 0.29) is 11.6 Å². The molecule has 6 heteroatoms. The van der Waals surface area contributed by atoms with E-state index in [2.05, 4.69) is 16.8 Å². The smallest absolute Gasteiger partial charge is 0.259 e. The van der Waals surface area contributed by atoms with Crippen LogP contribution in [0.1, 0.15) is 31.2 Å². The van der Waals surface area contributed by atoms with Crippen LogP contribution in [-0.2, 0) is 6.54 Å². The molecule has 5 nitrogen and oxygen atoms in total. The lowest BCUT2D eigenvalue weighted by Crippen LogP contribution is -2.39. The topological polar surface area (TPSA) is 63.6 Å². The molecular formula is C15H22N4OS. The monoisotopic (exact) mass is 306 g/mol. The van der Waals surface area contributed by atoms with Gasteiger partial charge in [-0.1, -0.05) is 0 Å². The molecule has 0 saturated carbocycles. The zero-order valence-electron chi connectivity index (χ0n) is 12.6. The maximum absolute atomic E-state index is 12.2. The maximum Gasteiger partial charge on any atom is 0.259 e. The van der Waals surface area contributed by atoms with Crippen LogP contribution >= 0.6 is 11.3 Å². The van der Waals surface area contributed by atoms with Gasteiger partial charge in [0.15, 0.2) is 4.96 Å². The van der Waals surface area contributed by atoms with Crippen LogP contribution in [0.4, 0.5) is 0 Å². The third-order valence-electron chi connectivity index (χ3n) is 4.39. The zero-order valence-corrected chi connectivity index (χ0v) is 13.4. The molecule has 1 unspecified atom stereocenters. The number of thiazole rings is 1. The van der Waals surface area contributed by atoms with Gasteiger partial charge in [-0.15, -0.1) is 11.3 Å². The van der Waals surface area contributed by atoms with Gasteiger partial charge in [0.1, 0.15) is 0 Å². The number of likely N-dealkylation sites (tertiary alicyclic amines) is 1. The van der Waals surface area contributed by atoms with Crippen LogP contribution in [0.15, 0.2) is 16.2 Å². The van der Waals surface area contributed by atoms with Crippen LogP contribution in [0.2, 0.25) is 0 Å². The largest absolute Gasteiger partial charge is 0.328 e. The van der Waals surface area contributed by atoms with E-state index >= 15 is 0 Å². The third-order valence-corrected chi connectivity index (χ3v) is 5.33. The van der Waals surface area contributed by atoms with E-state index < -0.39 is 0 Å². The number of hydrogen-bond donors (Lipinski definition) is 1. The molecular weight excluding hydrogens is 284 g/mol. The first kappa shape index (κ1) is 14.7. The van der Waals surface area contributed by atoms with Crippen molar-refractivity contribution in [2.45, 2.75) is 39.3 Å². The van der Waals surface area contributed by atoms with Gasteiger partial charge in [-0.05, 0) is 45.7 Å². The van der Waals surface area contributed by atoms with Crippen LogP contribution in [0.25, 0.3) is 4.96 Å². The number of nitrogens with two attached hydrogens (primary N) is 1. The van der Waals surface area contributed by atoms with E-state index in [1.165, 1.54) is 11.3 Å². The molecule has 0 aliphatic carbocycles. The molecule has 2 N–H and O–H groups in total. The minimum Gasteiger partial charge on any atom is -0.328 e. The Morgan fingerprint density at radius 2 is 2.19 bits per heavy atom. The molecule has 1 aliphatic heterocycles. The van der Waals surface area contributed by atoms with Crippen LogP contribution in [0.5, 0.6) is 0 Å². The second kappa shape index (κ2) is 5.87. The molecule has 0 spiro atoms. The van der Waals surface area contributed by atoms with Crippen molar-refractivity contribution in [2.24, 2.45) is 11.7 Å². The number of piperidine rings is 1. The molecule has 2 aromatic heterocycles. The fourth-order valence-corrected chi connectivity index (χ4v) is 3.94. The van der Waals surface area contributed by atoms with E-state index in [4.69, 9.17) is 5.73 Å². The quantitative estimate of drug-likeness (QED) is 0.936. The second-order valence-electron chi connectivity index (χ2n) is 6.05. The lowest BCUT2D eigenvalue weighted by Gasteiger charge is -2.33. The van der Waals surface area contributed by atoms with Crippen molar-refractivity contribution in [3.05, 3.63) is 33.2 Å². The zero-order chi connectivity index (χ0) is 15.0. The summed E-state index contributed by atoms with van der Waals surface area (Å²) in [7, 11) is 0. The summed E-state index contributed by atoms with van der Waals surface area (Å²) in [6.07, 6.45) is 2.27. The molecule has 1 fully saturated rings. The summed E-state index contributed by atoms with van der Waals surface area (Å²) in [6, 6.07) is 1.95. The molecule has 1 aliphatic rings. The molecule has 114 valence electrons. The highest BCUT2D eigenvalue weighted by Gasteiger charge is 2.22. The molecule has 3 heterocycles. The van der Waals surface area contributed by atoms with E-state index in [1.807, 2.05) is 12.3 Å². The predicted molar refractivity (Wildman–Crippen MR) is 85.7 cm³/mol. The Hall–Kier alpha value is -1.24. The Morgan fingerprint density at radius 3 is 2.86 bits per heavy atom. The maximum atomic E-state index is 12.2. The van der Waals surface area contributed by atoms with Gasteiger partial charge in [0.05, 0.1) is 5.69 Å². The van der Waals surface area contributed by atoms with Crippen LogP contribution in [0.3, 0.4) is 0 Å². The van der Waals surface area contributed by atoms with Crippen molar-refractivity contribution in [2.75, 3.05) is 13.1 Å². The fourth-order valence-electron chi connectivity index (χ4n) is 3.05. The highest BCUT2D eigenvalue weighted by Crippen LogP contribution is 2.21. The van der Waals surface area contributed by atoms with Gasteiger partial charge in [-0.2, -0.15) is 0 Å². The lowest BCUT2D eigenvalue weighted by molar-refractivity contribution is 0.164. The van der Waals surface area contributed by atoms with Crippen molar-refractivity contribution in [1.29, 1.82) is 0 Å². The Kier molecular flexibility index (Phi) is 4.10. The Morgan fingerprint density at radius 1 is 1.48 bits per heavy atom. The van der Waals surface area contributed by atoms with Crippen molar-refractivity contribution in [3.8, 4) is 0 Å².